The fourth-order valence-corrected chi connectivity index (χ4v) is 1.90. The maximum absolute atomic E-state index is 11.6. The lowest BCUT2D eigenvalue weighted by atomic mass is 9.97. The highest BCUT2D eigenvalue weighted by Gasteiger charge is 2.26. The van der Waals surface area contributed by atoms with Gasteiger partial charge in [0.25, 0.3) is 5.91 Å². The molecule has 0 atom stereocenters. The molecule has 0 aromatic heterocycles. The summed E-state index contributed by atoms with van der Waals surface area (Å²) in [6.45, 7) is 1.31. The number of nitroso groups, excluding NO2 is 1. The molecule has 1 rings (SSSR count). The lowest BCUT2D eigenvalue weighted by molar-refractivity contribution is -0.149. The molecule has 1 aliphatic rings. The third-order valence-corrected chi connectivity index (χ3v) is 2.88. The Labute approximate surface area is 109 Å². The summed E-state index contributed by atoms with van der Waals surface area (Å²) < 4.78 is 4.96. The number of esters is 1. The molecule has 0 spiro atoms. The first-order valence-electron chi connectivity index (χ1n) is 5.93. The van der Waals surface area contributed by atoms with Crippen molar-refractivity contribution in [1.82, 2.24) is 4.90 Å². The second-order valence-electron chi connectivity index (χ2n) is 4.16. The Balaban J connectivity index is 2.25. The Bertz CT molecular complexity index is 385. The normalized spacial score (nSPS) is 16.4. The van der Waals surface area contributed by atoms with Gasteiger partial charge in [-0.25, -0.2) is 0 Å². The van der Waals surface area contributed by atoms with E-state index >= 15 is 0 Å². The van der Waals surface area contributed by atoms with Gasteiger partial charge in [0, 0.05) is 10.1 Å². The number of likely N-dealkylation sites (tertiary alicyclic amines) is 1. The molecule has 0 aromatic carbocycles. The molecule has 0 saturated carbocycles. The van der Waals surface area contributed by atoms with Crippen LogP contribution in [0.5, 0.6) is 0 Å². The Kier molecular flexibility index (Phi) is 6.48. The summed E-state index contributed by atoms with van der Waals surface area (Å²) in [5, 5.41) is 5.59. The summed E-state index contributed by atoms with van der Waals surface area (Å²) in [6.07, 6.45) is 1.15. The summed E-state index contributed by atoms with van der Waals surface area (Å²) in [5.41, 5.74) is 8.06. The lowest BCUT2D eigenvalue weighted by Gasteiger charge is -2.29. The number of nitrogens with zero attached hydrogens (tertiary/aromatic N) is 5. The molecular weight excluding hydrogens is 254 g/mol. The number of carbonyl (C=O) groups is 2. The van der Waals surface area contributed by atoms with Gasteiger partial charge in [0.1, 0.15) is 0 Å². The van der Waals surface area contributed by atoms with E-state index in [1.165, 1.54) is 0 Å². The average molecular weight is 269 g/mol. The first-order chi connectivity index (χ1) is 9.17. The molecule has 9 nitrogen and oxygen atoms in total. The summed E-state index contributed by atoms with van der Waals surface area (Å²) in [7, 11) is 0. The highest BCUT2D eigenvalue weighted by Crippen LogP contribution is 2.18. The Morgan fingerprint density at radius 1 is 1.37 bits per heavy atom. The quantitative estimate of drug-likeness (QED) is 0.176. The van der Waals surface area contributed by atoms with E-state index < -0.39 is 5.91 Å². The largest absolute Gasteiger partial charge is 0.465 e. The smallest absolute Gasteiger partial charge is 0.309 e. The average Bonchev–Trinajstić information content (AvgIpc) is 2.44. The first kappa shape index (κ1) is 15.1. The minimum absolute atomic E-state index is 0.00213. The van der Waals surface area contributed by atoms with Crippen LogP contribution in [0.15, 0.2) is 10.3 Å². The molecule has 104 valence electrons. The number of rotatable bonds is 6. The molecule has 0 unspecified atom stereocenters. The topological polar surface area (TPSA) is 125 Å². The fraction of sp³-hybridized carbons (Fsp3) is 0.800. The monoisotopic (exact) mass is 269 g/mol. The van der Waals surface area contributed by atoms with Gasteiger partial charge in [0.05, 0.1) is 25.6 Å². The van der Waals surface area contributed by atoms with Crippen LogP contribution < -0.4 is 0 Å². The molecule has 1 aliphatic heterocycles. The number of azide groups is 1. The van der Waals surface area contributed by atoms with Crippen molar-refractivity contribution in [3.8, 4) is 0 Å². The predicted molar refractivity (Wildman–Crippen MR) is 64.9 cm³/mol. The van der Waals surface area contributed by atoms with Crippen LogP contribution in [0.3, 0.4) is 0 Å². The van der Waals surface area contributed by atoms with Gasteiger partial charge in [-0.1, -0.05) is 5.11 Å². The summed E-state index contributed by atoms with van der Waals surface area (Å²) in [5.74, 6) is -1.22. The van der Waals surface area contributed by atoms with E-state index in [9.17, 15) is 14.5 Å². The molecule has 0 aromatic rings. The van der Waals surface area contributed by atoms with Gasteiger partial charge in [-0.05, 0) is 31.5 Å². The number of carbonyl (C=O) groups excluding carboxylic acids is 2. The summed E-state index contributed by atoms with van der Waals surface area (Å²) in [6, 6.07) is 0. The van der Waals surface area contributed by atoms with Crippen molar-refractivity contribution in [2.45, 2.75) is 12.8 Å². The van der Waals surface area contributed by atoms with Crippen LogP contribution in [0.2, 0.25) is 0 Å². The maximum Gasteiger partial charge on any atom is 0.309 e. The van der Waals surface area contributed by atoms with E-state index in [4.69, 9.17) is 10.3 Å². The number of amides is 1. The van der Waals surface area contributed by atoms with Crippen LogP contribution in [-0.2, 0) is 14.3 Å². The summed E-state index contributed by atoms with van der Waals surface area (Å²) in [4.78, 5) is 36.8. The Morgan fingerprint density at radius 3 is 2.63 bits per heavy atom. The summed E-state index contributed by atoms with van der Waals surface area (Å²) >= 11 is 0. The zero-order valence-corrected chi connectivity index (χ0v) is 10.4. The predicted octanol–water partition coefficient (Wildman–Crippen LogP) is 0.845. The molecule has 1 fully saturated rings. The van der Waals surface area contributed by atoms with Crippen molar-refractivity contribution in [3.05, 3.63) is 15.3 Å². The molecular formula is C10H15N5O4. The standard InChI is InChI=1S/C10H15N5O4/c11-14-12-3-6-19-10(17)8-1-4-15(5-2-8)7-9(16)13-18/h8H,1-7H2. The molecule has 0 aliphatic carbocycles. The van der Waals surface area contributed by atoms with Crippen molar-refractivity contribution < 1.29 is 14.3 Å². The van der Waals surface area contributed by atoms with Gasteiger partial charge in [-0.3, -0.25) is 14.5 Å². The van der Waals surface area contributed by atoms with Gasteiger partial charge in [0.15, 0.2) is 0 Å². The fourth-order valence-electron chi connectivity index (χ4n) is 1.90. The van der Waals surface area contributed by atoms with Crippen molar-refractivity contribution in [2.75, 3.05) is 32.8 Å². The number of piperidine rings is 1. The Morgan fingerprint density at radius 2 is 2.05 bits per heavy atom. The molecule has 0 bridgehead atoms. The van der Waals surface area contributed by atoms with Crippen molar-refractivity contribution in [1.29, 1.82) is 0 Å². The maximum atomic E-state index is 11.6. The minimum atomic E-state index is -0.699. The van der Waals surface area contributed by atoms with E-state index in [0.717, 1.165) is 0 Å². The first-order valence-corrected chi connectivity index (χ1v) is 5.93. The second-order valence-corrected chi connectivity index (χ2v) is 4.16. The van der Waals surface area contributed by atoms with Crippen molar-refractivity contribution in [3.63, 3.8) is 0 Å². The van der Waals surface area contributed by atoms with Gasteiger partial charge in [-0.2, -0.15) is 0 Å². The zero-order chi connectivity index (χ0) is 14.1. The van der Waals surface area contributed by atoms with Crippen LogP contribution in [0, 0.1) is 10.8 Å². The molecule has 1 amide bonds. The number of ether oxygens (including phenoxy) is 1. The third kappa shape index (κ3) is 5.45. The Hall–Kier alpha value is -1.99. The van der Waals surface area contributed by atoms with Crippen LogP contribution in [0.4, 0.5) is 0 Å². The van der Waals surface area contributed by atoms with E-state index in [2.05, 4.69) is 15.2 Å². The van der Waals surface area contributed by atoms with Gasteiger partial charge < -0.3 is 4.74 Å². The molecule has 1 heterocycles. The molecule has 9 heteroatoms. The number of hydrogen-bond acceptors (Lipinski definition) is 6. The molecule has 0 radical (unpaired) electrons. The van der Waals surface area contributed by atoms with Gasteiger partial charge in [0.2, 0.25) is 0 Å². The zero-order valence-electron chi connectivity index (χ0n) is 10.4. The molecule has 19 heavy (non-hydrogen) atoms. The van der Waals surface area contributed by atoms with E-state index in [0.29, 0.717) is 25.9 Å². The van der Waals surface area contributed by atoms with Crippen LogP contribution in [0.25, 0.3) is 10.4 Å². The molecule has 1 saturated heterocycles. The van der Waals surface area contributed by atoms with E-state index in [1.54, 1.807) is 4.90 Å². The van der Waals surface area contributed by atoms with Gasteiger partial charge in [-0.15, -0.1) is 4.91 Å². The van der Waals surface area contributed by atoms with Crippen LogP contribution >= 0.6 is 0 Å². The van der Waals surface area contributed by atoms with Gasteiger partial charge >= 0.3 is 5.97 Å². The minimum Gasteiger partial charge on any atom is -0.465 e. The second kappa shape index (κ2) is 8.17. The van der Waals surface area contributed by atoms with Crippen LogP contribution in [-0.4, -0.2) is 49.6 Å². The highest BCUT2D eigenvalue weighted by molar-refractivity contribution is 5.78. The van der Waals surface area contributed by atoms with E-state index in [1.807, 2.05) is 0 Å². The number of hydrogen-bond donors (Lipinski definition) is 0. The third-order valence-electron chi connectivity index (χ3n) is 2.88. The lowest BCUT2D eigenvalue weighted by Crippen LogP contribution is -2.39. The van der Waals surface area contributed by atoms with E-state index in [-0.39, 0.29) is 31.6 Å². The van der Waals surface area contributed by atoms with Crippen LogP contribution in [0.1, 0.15) is 12.8 Å². The van der Waals surface area contributed by atoms with Crippen molar-refractivity contribution >= 4 is 11.9 Å². The van der Waals surface area contributed by atoms with Crippen molar-refractivity contribution in [2.24, 2.45) is 16.2 Å². The SMILES string of the molecule is [N-]=[N+]=NCCOC(=O)C1CCN(CC(=O)N=O)CC1. The molecule has 0 N–H and O–H groups in total. The highest BCUT2D eigenvalue weighted by atomic mass is 16.5.